The molecule has 1 atom stereocenters. The van der Waals surface area contributed by atoms with Crippen molar-refractivity contribution in [3.63, 3.8) is 0 Å². The van der Waals surface area contributed by atoms with Crippen molar-refractivity contribution in [2.45, 2.75) is 19.4 Å². The summed E-state index contributed by atoms with van der Waals surface area (Å²) >= 11 is 0. The highest BCUT2D eigenvalue weighted by Crippen LogP contribution is 2.24. The molecule has 2 aromatic heterocycles. The van der Waals surface area contributed by atoms with E-state index in [1.54, 1.807) is 18.2 Å². The number of hydrogen-bond acceptors (Lipinski definition) is 5. The molecule has 1 aromatic carbocycles. The van der Waals surface area contributed by atoms with Gasteiger partial charge in [-0.2, -0.15) is 0 Å². The second-order valence-electron chi connectivity index (χ2n) is 6.28. The summed E-state index contributed by atoms with van der Waals surface area (Å²) in [5, 5.41) is 21.9. The number of aromatic nitrogens is 2. The smallest absolute Gasteiger partial charge is 0.265 e. The molecule has 7 nitrogen and oxygen atoms in total. The van der Waals surface area contributed by atoms with E-state index in [1.165, 1.54) is 25.3 Å². The number of nitrogens with zero attached hydrogens (tertiary/aromatic N) is 1. The first-order valence-corrected chi connectivity index (χ1v) is 8.29. The van der Waals surface area contributed by atoms with Gasteiger partial charge in [0.1, 0.15) is 16.9 Å². The van der Waals surface area contributed by atoms with Gasteiger partial charge < -0.3 is 20.5 Å². The molecule has 0 aliphatic carbocycles. The predicted molar refractivity (Wildman–Crippen MR) is 97.2 cm³/mol. The molecular weight excluding hydrogens is 353 g/mol. The number of rotatable bonds is 5. The molecule has 0 fully saturated rings. The van der Waals surface area contributed by atoms with E-state index >= 15 is 0 Å². The summed E-state index contributed by atoms with van der Waals surface area (Å²) in [5.41, 5.74) is 0.753. The molecule has 1 amide bonds. The minimum Gasteiger partial charge on any atom is -0.505 e. The average molecular weight is 371 g/mol. The Morgan fingerprint density at radius 3 is 2.67 bits per heavy atom. The number of fused-ring (bicyclic) bond motifs is 1. The van der Waals surface area contributed by atoms with Gasteiger partial charge in [0.15, 0.2) is 5.75 Å². The molecule has 4 N–H and O–H groups in total. The zero-order valence-electron chi connectivity index (χ0n) is 14.5. The highest BCUT2D eigenvalue weighted by Gasteiger charge is 2.20. The van der Waals surface area contributed by atoms with Crippen LogP contribution in [0.25, 0.3) is 11.0 Å². The first-order chi connectivity index (χ1) is 12.8. The maximum absolute atomic E-state index is 13.0. The molecule has 0 aliphatic heterocycles. The second-order valence-corrected chi connectivity index (χ2v) is 6.28. The zero-order valence-corrected chi connectivity index (χ0v) is 14.5. The number of aromatic amines is 1. The van der Waals surface area contributed by atoms with Gasteiger partial charge in [-0.25, -0.2) is 4.39 Å². The Morgan fingerprint density at radius 1 is 1.30 bits per heavy atom. The van der Waals surface area contributed by atoms with Crippen LogP contribution >= 0.6 is 0 Å². The number of nitrogens with one attached hydrogen (secondary N) is 2. The lowest BCUT2D eigenvalue weighted by Gasteiger charge is -2.10. The van der Waals surface area contributed by atoms with Crippen LogP contribution in [-0.4, -0.2) is 38.7 Å². The maximum Gasteiger partial charge on any atom is 0.265 e. The zero-order chi connectivity index (χ0) is 19.6. The number of halogens is 1. The number of aliphatic hydroxyl groups is 1. The summed E-state index contributed by atoms with van der Waals surface area (Å²) in [4.78, 5) is 31.0. The van der Waals surface area contributed by atoms with Crippen LogP contribution in [0.15, 0.2) is 41.3 Å². The van der Waals surface area contributed by atoms with E-state index in [2.05, 4.69) is 15.3 Å². The van der Waals surface area contributed by atoms with Gasteiger partial charge in [0.05, 0.1) is 11.6 Å². The van der Waals surface area contributed by atoms with Crippen LogP contribution in [0.2, 0.25) is 0 Å². The van der Waals surface area contributed by atoms with Gasteiger partial charge in [-0.05, 0) is 42.7 Å². The molecule has 2 heterocycles. The SMILES string of the molecule is C[C@H](O)CNC(=O)c1c(O)c2ncc(Cc3ccc(F)cc3)cc2[nH]c1=O. The normalized spacial score (nSPS) is 12.1. The number of H-pyrrole nitrogens is 1. The number of carbonyl (C=O) groups is 1. The maximum atomic E-state index is 13.0. The van der Waals surface area contributed by atoms with Crippen LogP contribution in [0.5, 0.6) is 5.75 Å². The van der Waals surface area contributed by atoms with Gasteiger partial charge in [-0.1, -0.05) is 12.1 Å². The quantitative estimate of drug-likeness (QED) is 0.542. The number of amides is 1. The van der Waals surface area contributed by atoms with Gasteiger partial charge in [0.2, 0.25) is 0 Å². The fourth-order valence-corrected chi connectivity index (χ4v) is 2.68. The van der Waals surface area contributed by atoms with Gasteiger partial charge in [-0.15, -0.1) is 0 Å². The standard InChI is InChI=1S/C19H18FN3O4/c1-10(24)8-22-18(26)15-17(25)16-14(23-19(15)27)7-12(9-21-16)6-11-2-4-13(20)5-3-11/h2-5,7,9-10,24H,6,8H2,1H3,(H,22,26)(H2,23,25,27)/t10-/m0/s1. The van der Waals surface area contributed by atoms with Crippen molar-refractivity contribution in [2.24, 2.45) is 0 Å². The van der Waals surface area contributed by atoms with Crippen molar-refractivity contribution in [2.75, 3.05) is 6.54 Å². The molecule has 0 bridgehead atoms. The average Bonchev–Trinajstić information content (AvgIpc) is 2.61. The van der Waals surface area contributed by atoms with Gasteiger partial charge in [-0.3, -0.25) is 14.6 Å². The number of aliphatic hydroxyl groups excluding tert-OH is 1. The van der Waals surface area contributed by atoms with Crippen LogP contribution in [0, 0.1) is 5.82 Å². The Balaban J connectivity index is 1.94. The molecule has 140 valence electrons. The predicted octanol–water partition coefficient (Wildman–Crippen LogP) is 1.47. The minimum absolute atomic E-state index is 0.0558. The van der Waals surface area contributed by atoms with Crippen LogP contribution in [0.3, 0.4) is 0 Å². The van der Waals surface area contributed by atoms with Crippen molar-refractivity contribution in [1.82, 2.24) is 15.3 Å². The Morgan fingerprint density at radius 2 is 2.00 bits per heavy atom. The fraction of sp³-hybridized carbons (Fsp3) is 0.211. The monoisotopic (exact) mass is 371 g/mol. The highest BCUT2D eigenvalue weighted by molar-refractivity contribution is 6.01. The number of carbonyl (C=O) groups excluding carboxylic acids is 1. The first kappa shape index (κ1) is 18.5. The molecule has 0 unspecified atom stereocenters. The summed E-state index contributed by atoms with van der Waals surface area (Å²) in [6.45, 7) is 1.43. The highest BCUT2D eigenvalue weighted by atomic mass is 19.1. The third kappa shape index (κ3) is 4.12. The number of hydrogen-bond donors (Lipinski definition) is 4. The Bertz CT molecular complexity index is 1050. The van der Waals surface area contributed by atoms with Crippen molar-refractivity contribution in [1.29, 1.82) is 0 Å². The van der Waals surface area contributed by atoms with E-state index in [0.717, 1.165) is 11.1 Å². The van der Waals surface area contributed by atoms with E-state index in [4.69, 9.17) is 0 Å². The largest absolute Gasteiger partial charge is 0.505 e. The van der Waals surface area contributed by atoms with Crippen LogP contribution in [0.4, 0.5) is 4.39 Å². The molecule has 0 spiro atoms. The lowest BCUT2D eigenvalue weighted by molar-refractivity contribution is 0.0920. The Kier molecular flexibility index (Phi) is 5.18. The molecule has 0 aliphatic rings. The van der Waals surface area contributed by atoms with Crippen LogP contribution in [-0.2, 0) is 6.42 Å². The lowest BCUT2D eigenvalue weighted by Crippen LogP contribution is -2.34. The Labute approximate surface area is 153 Å². The van der Waals surface area contributed by atoms with Crippen molar-refractivity contribution in [3.8, 4) is 5.75 Å². The molecule has 8 heteroatoms. The van der Waals surface area contributed by atoms with E-state index in [-0.39, 0.29) is 23.4 Å². The van der Waals surface area contributed by atoms with Crippen LogP contribution < -0.4 is 10.9 Å². The van der Waals surface area contributed by atoms with Crippen molar-refractivity contribution >= 4 is 16.9 Å². The summed E-state index contributed by atoms with van der Waals surface area (Å²) < 4.78 is 13.0. The van der Waals surface area contributed by atoms with E-state index in [0.29, 0.717) is 6.42 Å². The third-order valence-electron chi connectivity index (χ3n) is 3.99. The molecule has 0 radical (unpaired) electrons. The molecule has 0 saturated heterocycles. The van der Waals surface area contributed by atoms with Crippen molar-refractivity contribution in [3.05, 3.63) is 69.4 Å². The molecule has 3 rings (SSSR count). The minimum atomic E-state index is -0.797. The molecule has 0 saturated carbocycles. The fourth-order valence-electron chi connectivity index (χ4n) is 2.68. The number of benzene rings is 1. The summed E-state index contributed by atoms with van der Waals surface area (Å²) in [6.07, 6.45) is 1.19. The third-order valence-corrected chi connectivity index (χ3v) is 3.99. The van der Waals surface area contributed by atoms with E-state index in [1.807, 2.05) is 0 Å². The number of pyridine rings is 2. The number of aromatic hydroxyl groups is 1. The lowest BCUT2D eigenvalue weighted by atomic mass is 10.1. The summed E-state index contributed by atoms with van der Waals surface area (Å²) in [5.74, 6) is -1.65. The van der Waals surface area contributed by atoms with Gasteiger partial charge in [0.25, 0.3) is 11.5 Å². The summed E-state index contributed by atoms with van der Waals surface area (Å²) in [7, 11) is 0. The second kappa shape index (κ2) is 7.55. The van der Waals surface area contributed by atoms with Gasteiger partial charge >= 0.3 is 0 Å². The van der Waals surface area contributed by atoms with Crippen molar-refractivity contribution < 1.29 is 19.4 Å². The first-order valence-electron chi connectivity index (χ1n) is 8.29. The Hall–Kier alpha value is -3.26. The van der Waals surface area contributed by atoms with Crippen LogP contribution in [0.1, 0.15) is 28.4 Å². The molecular formula is C19H18FN3O4. The topological polar surface area (TPSA) is 115 Å². The van der Waals surface area contributed by atoms with E-state index in [9.17, 15) is 24.2 Å². The molecule has 3 aromatic rings. The van der Waals surface area contributed by atoms with Gasteiger partial charge in [0, 0.05) is 12.7 Å². The summed E-state index contributed by atoms with van der Waals surface area (Å²) in [6, 6.07) is 7.65. The van der Waals surface area contributed by atoms with E-state index < -0.39 is 28.9 Å². The molecule has 27 heavy (non-hydrogen) atoms.